The zero-order valence-corrected chi connectivity index (χ0v) is 21.5. The van der Waals surface area contributed by atoms with E-state index in [4.69, 9.17) is 0 Å². The molecule has 3 N–H and O–H groups in total. The molecule has 2 rings (SSSR count). The van der Waals surface area contributed by atoms with Gasteiger partial charge in [0.15, 0.2) is 0 Å². The van der Waals surface area contributed by atoms with Gasteiger partial charge in [-0.1, -0.05) is 74.1 Å². The van der Waals surface area contributed by atoms with Crippen molar-refractivity contribution in [3.8, 4) is 11.8 Å². The normalized spacial score (nSPS) is 10.9. The molecule has 35 heavy (non-hydrogen) atoms. The molecule has 0 unspecified atom stereocenters. The Labute approximate surface area is 212 Å². The number of hydrogen-bond acceptors (Lipinski definition) is 3. The molecule has 0 saturated carbocycles. The highest BCUT2D eigenvalue weighted by molar-refractivity contribution is 5.65. The van der Waals surface area contributed by atoms with Crippen molar-refractivity contribution in [2.75, 3.05) is 13.6 Å². The quantitative estimate of drug-likeness (QED) is 0.138. The molecule has 0 fully saturated rings. The van der Waals surface area contributed by atoms with Crippen LogP contribution in [0.3, 0.4) is 0 Å². The van der Waals surface area contributed by atoms with Gasteiger partial charge in [-0.15, -0.1) is 0 Å². The predicted octanol–water partition coefficient (Wildman–Crippen LogP) is 6.46. The van der Waals surface area contributed by atoms with Gasteiger partial charge in [-0.2, -0.15) is 0 Å². The van der Waals surface area contributed by atoms with E-state index in [0.717, 1.165) is 60.4 Å². The molecular weight excluding hydrogens is 426 g/mol. The van der Waals surface area contributed by atoms with E-state index in [1.807, 2.05) is 33.2 Å². The molecule has 0 aliphatic heterocycles. The third-order valence-corrected chi connectivity index (χ3v) is 5.49. The van der Waals surface area contributed by atoms with Crippen molar-refractivity contribution in [1.29, 1.82) is 0 Å². The zero-order valence-electron chi connectivity index (χ0n) is 21.5. The molecule has 0 bridgehead atoms. The van der Waals surface area contributed by atoms with Crippen molar-refractivity contribution < 1.29 is 0 Å². The highest BCUT2D eigenvalue weighted by Gasteiger charge is 2.05. The third kappa shape index (κ3) is 9.86. The van der Waals surface area contributed by atoms with E-state index in [0.29, 0.717) is 0 Å². The summed E-state index contributed by atoms with van der Waals surface area (Å²) in [6.45, 7) is 17.6. The molecule has 0 spiro atoms. The fraction of sp³-hybridized carbons (Fsp3) is 0.250. The fourth-order valence-electron chi connectivity index (χ4n) is 3.45. The lowest BCUT2D eigenvalue weighted by molar-refractivity contribution is 0.761. The number of hydrogen-bond donors (Lipinski definition) is 3. The van der Waals surface area contributed by atoms with Crippen molar-refractivity contribution in [3.63, 3.8) is 0 Å². The average molecular weight is 466 g/mol. The van der Waals surface area contributed by atoms with Gasteiger partial charge in [-0.05, 0) is 79.8 Å². The monoisotopic (exact) mass is 465 g/mol. The minimum absolute atomic E-state index is 0.772. The predicted molar refractivity (Wildman–Crippen MR) is 153 cm³/mol. The molecule has 0 aliphatic carbocycles. The molecule has 182 valence electrons. The summed E-state index contributed by atoms with van der Waals surface area (Å²) in [4.78, 5) is 0. The maximum Gasteiger partial charge on any atom is 0.0397 e. The van der Waals surface area contributed by atoms with E-state index in [2.05, 4.69) is 102 Å². The van der Waals surface area contributed by atoms with Crippen molar-refractivity contribution >= 4 is 5.70 Å². The van der Waals surface area contributed by atoms with Gasteiger partial charge in [0.25, 0.3) is 0 Å². The Morgan fingerprint density at radius 1 is 1.03 bits per heavy atom. The minimum atomic E-state index is 0.772. The number of rotatable bonds is 13. The van der Waals surface area contributed by atoms with Gasteiger partial charge in [0.2, 0.25) is 0 Å². The first-order valence-corrected chi connectivity index (χ1v) is 12.1. The second kappa shape index (κ2) is 15.1. The standard InChI is InChI=1S/C32H39N3/c1-7-9-12-30-19-20-31(26(5)34-21-10-11-27(8-2)23-33-6)22-32(30)18-17-28-13-15-29(16-14-28)24-35-25(3)4/h7-9,13-16,19-20,22-23,33-35H,2-3,5,10-12,21,24H2,1,4,6H3/b9-7-,27-23+. The van der Waals surface area contributed by atoms with E-state index in [1.165, 1.54) is 16.7 Å². The molecule has 2 aromatic rings. The van der Waals surface area contributed by atoms with Crippen LogP contribution in [0, 0.1) is 11.8 Å². The summed E-state index contributed by atoms with van der Waals surface area (Å²) >= 11 is 0. The largest absolute Gasteiger partial charge is 0.394 e. The summed E-state index contributed by atoms with van der Waals surface area (Å²) in [6.07, 6.45) is 10.9. The summed E-state index contributed by atoms with van der Waals surface area (Å²) in [5, 5.41) is 9.77. The lowest BCUT2D eigenvalue weighted by atomic mass is 9.99. The Bertz CT molecular complexity index is 1120. The molecule has 0 aromatic heterocycles. The van der Waals surface area contributed by atoms with E-state index in [-0.39, 0.29) is 0 Å². The van der Waals surface area contributed by atoms with Gasteiger partial charge in [-0.3, -0.25) is 0 Å². The maximum atomic E-state index is 4.26. The van der Waals surface area contributed by atoms with Crippen molar-refractivity contribution in [3.05, 3.63) is 126 Å². The average Bonchev–Trinajstić information content (AvgIpc) is 2.87. The van der Waals surface area contributed by atoms with E-state index >= 15 is 0 Å². The zero-order chi connectivity index (χ0) is 25.5. The van der Waals surface area contributed by atoms with Crippen LogP contribution in [0.4, 0.5) is 0 Å². The fourth-order valence-corrected chi connectivity index (χ4v) is 3.45. The second-order valence-corrected chi connectivity index (χ2v) is 8.45. The van der Waals surface area contributed by atoms with Crippen LogP contribution < -0.4 is 16.0 Å². The summed E-state index contributed by atoms with van der Waals surface area (Å²) < 4.78 is 0. The first kappa shape index (κ1) is 27.3. The Kier molecular flexibility index (Phi) is 11.8. The van der Waals surface area contributed by atoms with E-state index < -0.39 is 0 Å². The van der Waals surface area contributed by atoms with Crippen LogP contribution in [0.1, 0.15) is 54.5 Å². The third-order valence-electron chi connectivity index (χ3n) is 5.49. The number of allylic oxidation sites excluding steroid dienone is 5. The summed E-state index contributed by atoms with van der Waals surface area (Å²) in [5.41, 5.74) is 8.59. The molecule has 0 radical (unpaired) electrons. The summed E-state index contributed by atoms with van der Waals surface area (Å²) in [5.74, 6) is 6.73. The first-order valence-electron chi connectivity index (χ1n) is 12.1. The highest BCUT2D eigenvalue weighted by Crippen LogP contribution is 2.18. The molecule has 0 saturated heterocycles. The van der Waals surface area contributed by atoms with Gasteiger partial charge in [-0.25, -0.2) is 0 Å². The van der Waals surface area contributed by atoms with Crippen molar-refractivity contribution in [2.45, 2.75) is 39.7 Å². The SMILES string of the molecule is C=C/C(=C\NC)CCCNC(=C)c1ccc(C/C=C\C)c(C#Cc2ccc(CNC(=C)C)cc2)c1. The van der Waals surface area contributed by atoms with Crippen LogP contribution in [0.25, 0.3) is 5.70 Å². The Morgan fingerprint density at radius 3 is 2.46 bits per heavy atom. The molecule has 0 heterocycles. The van der Waals surface area contributed by atoms with Crippen LogP contribution >= 0.6 is 0 Å². The van der Waals surface area contributed by atoms with Gasteiger partial charge in [0, 0.05) is 42.7 Å². The van der Waals surface area contributed by atoms with Crippen LogP contribution in [0.15, 0.2) is 97.9 Å². The number of nitrogens with one attached hydrogen (secondary N) is 3. The molecule has 0 atom stereocenters. The van der Waals surface area contributed by atoms with E-state index in [1.54, 1.807) is 0 Å². The van der Waals surface area contributed by atoms with E-state index in [9.17, 15) is 0 Å². The molecule has 3 nitrogen and oxygen atoms in total. The van der Waals surface area contributed by atoms with Gasteiger partial charge in [0.1, 0.15) is 0 Å². The Hall–Kier alpha value is -3.90. The summed E-state index contributed by atoms with van der Waals surface area (Å²) in [7, 11) is 1.90. The summed E-state index contributed by atoms with van der Waals surface area (Å²) in [6, 6.07) is 14.8. The Morgan fingerprint density at radius 2 is 1.80 bits per heavy atom. The number of benzene rings is 2. The van der Waals surface area contributed by atoms with Crippen molar-refractivity contribution in [1.82, 2.24) is 16.0 Å². The van der Waals surface area contributed by atoms with Gasteiger partial charge in [0.05, 0.1) is 0 Å². The van der Waals surface area contributed by atoms with Crippen molar-refractivity contribution in [2.24, 2.45) is 0 Å². The molecule has 0 aliphatic rings. The Balaban J connectivity index is 2.12. The lowest BCUT2D eigenvalue weighted by Crippen LogP contribution is -2.13. The highest BCUT2D eigenvalue weighted by atomic mass is 14.9. The first-order chi connectivity index (χ1) is 17.0. The topological polar surface area (TPSA) is 36.1 Å². The van der Waals surface area contributed by atoms with Crippen LogP contribution in [-0.2, 0) is 13.0 Å². The minimum Gasteiger partial charge on any atom is -0.394 e. The van der Waals surface area contributed by atoms with Crippen LogP contribution in [0.2, 0.25) is 0 Å². The second-order valence-electron chi connectivity index (χ2n) is 8.45. The van der Waals surface area contributed by atoms with Crippen LogP contribution in [-0.4, -0.2) is 13.6 Å². The molecule has 0 amide bonds. The van der Waals surface area contributed by atoms with Crippen LogP contribution in [0.5, 0.6) is 0 Å². The maximum absolute atomic E-state index is 4.26. The molecule has 3 heteroatoms. The smallest absolute Gasteiger partial charge is 0.0397 e. The lowest BCUT2D eigenvalue weighted by Gasteiger charge is -2.12. The van der Waals surface area contributed by atoms with Gasteiger partial charge >= 0.3 is 0 Å². The molecular formula is C32H39N3. The van der Waals surface area contributed by atoms with Gasteiger partial charge < -0.3 is 16.0 Å². The molecule has 2 aromatic carbocycles.